The maximum absolute atomic E-state index is 13.6. The molecule has 0 saturated carbocycles. The second-order valence-electron chi connectivity index (χ2n) is 7.82. The van der Waals surface area contributed by atoms with Crippen molar-refractivity contribution in [1.82, 2.24) is 34.4 Å². The van der Waals surface area contributed by atoms with E-state index >= 15 is 0 Å². The van der Waals surface area contributed by atoms with Gasteiger partial charge in [0, 0.05) is 44.6 Å². The number of carbonyl (C=O) groups is 1. The van der Waals surface area contributed by atoms with E-state index in [1.165, 1.54) is 12.1 Å². The van der Waals surface area contributed by atoms with Gasteiger partial charge < -0.3 is 4.90 Å². The van der Waals surface area contributed by atoms with Crippen LogP contribution in [0.4, 0.5) is 4.39 Å². The number of pyridine rings is 1. The fourth-order valence-corrected chi connectivity index (χ4v) is 4.09. The third-order valence-electron chi connectivity index (χ3n) is 5.89. The Bertz CT molecular complexity index is 1260. The van der Waals surface area contributed by atoms with Crippen molar-refractivity contribution in [1.29, 1.82) is 0 Å². The summed E-state index contributed by atoms with van der Waals surface area (Å²) in [7, 11) is 3.80. The van der Waals surface area contributed by atoms with Gasteiger partial charge in [-0.25, -0.2) is 8.91 Å². The van der Waals surface area contributed by atoms with Gasteiger partial charge in [-0.1, -0.05) is 23.4 Å². The van der Waals surface area contributed by atoms with Crippen molar-refractivity contribution in [2.24, 2.45) is 7.05 Å². The average Bonchev–Trinajstić information content (AvgIpc) is 3.39. The first kappa shape index (κ1) is 19.4. The molecule has 0 bridgehead atoms. The molecule has 8 nitrogen and oxygen atoms in total. The summed E-state index contributed by atoms with van der Waals surface area (Å²) < 4.78 is 16.9. The molecule has 1 aliphatic rings. The van der Waals surface area contributed by atoms with Gasteiger partial charge in [-0.3, -0.25) is 14.4 Å². The van der Waals surface area contributed by atoms with E-state index < -0.39 is 0 Å². The minimum absolute atomic E-state index is 0.0389. The molecule has 1 amide bonds. The number of halogens is 1. The van der Waals surface area contributed by atoms with Crippen LogP contribution in [0.5, 0.6) is 0 Å². The number of nitrogens with zero attached hydrogens (tertiary/aromatic N) is 7. The van der Waals surface area contributed by atoms with Crippen LogP contribution in [0.3, 0.4) is 0 Å². The van der Waals surface area contributed by atoms with E-state index in [9.17, 15) is 9.18 Å². The highest BCUT2D eigenvalue weighted by Gasteiger charge is 2.32. The number of rotatable bonds is 3. The maximum Gasteiger partial charge on any atom is 0.272 e. The minimum atomic E-state index is -0.279. The second-order valence-corrected chi connectivity index (χ2v) is 7.82. The molecule has 1 unspecified atom stereocenters. The highest BCUT2D eigenvalue weighted by Crippen LogP contribution is 2.28. The number of fused-ring (bicyclic) bond motifs is 1. The molecule has 158 valence electrons. The van der Waals surface area contributed by atoms with Crippen LogP contribution in [-0.4, -0.2) is 67.0 Å². The summed E-state index contributed by atoms with van der Waals surface area (Å²) in [6, 6.07) is 12.0. The molecular formula is C22H22FN7O. The zero-order valence-corrected chi connectivity index (χ0v) is 17.3. The van der Waals surface area contributed by atoms with Crippen LogP contribution < -0.4 is 0 Å². The van der Waals surface area contributed by atoms with Crippen molar-refractivity contribution in [3.8, 4) is 11.1 Å². The van der Waals surface area contributed by atoms with Crippen LogP contribution >= 0.6 is 0 Å². The zero-order chi connectivity index (χ0) is 21.5. The lowest BCUT2D eigenvalue weighted by Crippen LogP contribution is -2.49. The molecule has 1 atom stereocenters. The van der Waals surface area contributed by atoms with E-state index in [1.54, 1.807) is 34.6 Å². The smallest absolute Gasteiger partial charge is 0.272 e. The highest BCUT2D eigenvalue weighted by atomic mass is 19.1. The van der Waals surface area contributed by atoms with Crippen LogP contribution in [0.15, 0.2) is 54.9 Å². The second kappa shape index (κ2) is 7.59. The van der Waals surface area contributed by atoms with Crippen LogP contribution in [0.1, 0.15) is 22.2 Å². The van der Waals surface area contributed by atoms with Crippen LogP contribution in [0.2, 0.25) is 0 Å². The number of hydrogen-bond acceptors (Lipinski definition) is 5. The van der Waals surface area contributed by atoms with E-state index in [4.69, 9.17) is 0 Å². The summed E-state index contributed by atoms with van der Waals surface area (Å²) in [6.45, 7) is 1.88. The largest absolute Gasteiger partial charge is 0.334 e. The van der Waals surface area contributed by atoms with Crippen molar-refractivity contribution in [2.45, 2.75) is 6.04 Å². The summed E-state index contributed by atoms with van der Waals surface area (Å²) >= 11 is 0. The molecule has 0 spiro atoms. The van der Waals surface area contributed by atoms with Gasteiger partial charge in [0.2, 0.25) is 0 Å². The fourth-order valence-electron chi connectivity index (χ4n) is 4.09. The van der Waals surface area contributed by atoms with Crippen LogP contribution in [-0.2, 0) is 7.05 Å². The van der Waals surface area contributed by atoms with E-state index in [1.807, 2.05) is 36.3 Å². The van der Waals surface area contributed by atoms with Gasteiger partial charge in [0.1, 0.15) is 17.2 Å². The molecule has 5 rings (SSSR count). The summed E-state index contributed by atoms with van der Waals surface area (Å²) in [5.74, 6) is -0.318. The lowest BCUT2D eigenvalue weighted by molar-refractivity contribution is 0.0531. The lowest BCUT2D eigenvalue weighted by atomic mass is 10.1. The summed E-state index contributed by atoms with van der Waals surface area (Å²) in [5.41, 5.74) is 3.88. The van der Waals surface area contributed by atoms with Gasteiger partial charge in [-0.05, 0) is 36.9 Å². The normalized spacial score (nSPS) is 17.4. The van der Waals surface area contributed by atoms with Gasteiger partial charge in [-0.2, -0.15) is 5.10 Å². The molecule has 1 fully saturated rings. The summed E-state index contributed by atoms with van der Waals surface area (Å²) in [4.78, 5) is 17.0. The highest BCUT2D eigenvalue weighted by molar-refractivity contribution is 5.92. The number of hydrogen-bond donors (Lipinski definition) is 0. The van der Waals surface area contributed by atoms with E-state index in [0.29, 0.717) is 18.8 Å². The van der Waals surface area contributed by atoms with E-state index in [2.05, 4.69) is 20.3 Å². The van der Waals surface area contributed by atoms with Crippen LogP contribution in [0, 0.1) is 5.82 Å². The summed E-state index contributed by atoms with van der Waals surface area (Å²) in [6.07, 6.45) is 3.48. The van der Waals surface area contributed by atoms with Crippen molar-refractivity contribution < 1.29 is 9.18 Å². The Hall–Kier alpha value is -3.59. The first-order valence-electron chi connectivity index (χ1n) is 10.1. The number of carbonyl (C=O) groups excluding carboxylic acids is 1. The van der Waals surface area contributed by atoms with Gasteiger partial charge in [0.25, 0.3) is 5.91 Å². The topological polar surface area (TPSA) is 71.6 Å². The number of likely N-dealkylation sites (N-methyl/N-ethyl adjacent to an activating group) is 1. The molecule has 0 N–H and O–H groups in total. The predicted octanol–water partition coefficient (Wildman–Crippen LogP) is 2.40. The average molecular weight is 419 g/mol. The number of amides is 1. The van der Waals surface area contributed by atoms with Crippen molar-refractivity contribution >= 4 is 11.4 Å². The van der Waals surface area contributed by atoms with E-state index in [0.717, 1.165) is 28.9 Å². The standard InChI is InChI=1S/C22H22FN7O/c1-27-10-11-29(22(31)19-8-9-24-28(19)2)14-20(27)21-18-7-6-16(13-30(18)26-25-21)15-4-3-5-17(23)12-15/h3-9,12-13,20H,10-11,14H2,1-2H3. The van der Waals surface area contributed by atoms with E-state index in [-0.39, 0.29) is 17.8 Å². The predicted molar refractivity (Wildman–Crippen MR) is 113 cm³/mol. The molecule has 1 aromatic carbocycles. The molecular weight excluding hydrogens is 397 g/mol. The van der Waals surface area contributed by atoms with Crippen molar-refractivity contribution in [3.63, 3.8) is 0 Å². The van der Waals surface area contributed by atoms with Crippen LogP contribution in [0.25, 0.3) is 16.6 Å². The Kier molecular flexibility index (Phi) is 4.74. The van der Waals surface area contributed by atoms with Gasteiger partial charge >= 0.3 is 0 Å². The Morgan fingerprint density at radius 1 is 1.10 bits per heavy atom. The number of benzene rings is 1. The first-order chi connectivity index (χ1) is 15.0. The quantitative estimate of drug-likeness (QED) is 0.510. The molecule has 0 radical (unpaired) electrons. The first-order valence-corrected chi connectivity index (χ1v) is 10.1. The van der Waals surface area contributed by atoms with Crippen molar-refractivity contribution in [2.75, 3.05) is 26.7 Å². The third-order valence-corrected chi connectivity index (χ3v) is 5.89. The summed E-state index contributed by atoms with van der Waals surface area (Å²) in [5, 5.41) is 12.8. The Balaban J connectivity index is 1.45. The molecule has 9 heteroatoms. The molecule has 1 saturated heterocycles. The minimum Gasteiger partial charge on any atom is -0.334 e. The molecule has 1 aliphatic heterocycles. The number of aryl methyl sites for hydroxylation is 1. The lowest BCUT2D eigenvalue weighted by Gasteiger charge is -2.38. The molecule has 0 aliphatic carbocycles. The Labute approximate surface area is 178 Å². The molecule has 3 aromatic heterocycles. The van der Waals surface area contributed by atoms with Gasteiger partial charge in [-0.15, -0.1) is 5.10 Å². The fraction of sp³-hybridized carbons (Fsp3) is 0.273. The van der Waals surface area contributed by atoms with Crippen molar-refractivity contribution in [3.05, 3.63) is 72.1 Å². The molecule has 31 heavy (non-hydrogen) atoms. The number of piperazine rings is 1. The third kappa shape index (κ3) is 3.46. The molecule has 4 heterocycles. The Morgan fingerprint density at radius 2 is 1.97 bits per heavy atom. The molecule has 4 aromatic rings. The Morgan fingerprint density at radius 3 is 2.74 bits per heavy atom. The van der Waals surface area contributed by atoms with Gasteiger partial charge in [0.05, 0.1) is 11.6 Å². The monoisotopic (exact) mass is 419 g/mol. The zero-order valence-electron chi connectivity index (χ0n) is 17.3. The van der Waals surface area contributed by atoms with Gasteiger partial charge in [0.15, 0.2) is 0 Å². The maximum atomic E-state index is 13.6. The number of aromatic nitrogens is 5. The SMILES string of the molecule is CN1CCN(C(=O)c2ccnn2C)CC1c1nnn2cc(-c3cccc(F)c3)ccc12.